The van der Waals surface area contributed by atoms with E-state index in [0.717, 1.165) is 43.0 Å². The Hall–Kier alpha value is -0.630. The Labute approximate surface area is 171 Å². The van der Waals surface area contributed by atoms with E-state index in [1.807, 2.05) is 0 Å². The number of hydrogen-bond donors (Lipinski definition) is 2. The van der Waals surface area contributed by atoms with Crippen molar-refractivity contribution in [1.82, 2.24) is 10.3 Å². The molecule has 3 unspecified atom stereocenters. The van der Waals surface area contributed by atoms with Gasteiger partial charge in [-0.15, -0.1) is 11.3 Å². The summed E-state index contributed by atoms with van der Waals surface area (Å²) in [5.41, 5.74) is 2.46. The summed E-state index contributed by atoms with van der Waals surface area (Å²) in [7, 11) is 1.70. The predicted molar refractivity (Wildman–Crippen MR) is 112 cm³/mol. The van der Waals surface area contributed by atoms with Gasteiger partial charge in [0.1, 0.15) is 5.60 Å². The number of halogens is 1. The monoisotopic (exact) mass is 413 g/mol. The maximum absolute atomic E-state index is 6.46. The number of nitrogens with two attached hydrogens (primary N) is 1. The lowest BCUT2D eigenvalue weighted by molar-refractivity contribution is -0.0921. The second kappa shape index (κ2) is 9.25. The van der Waals surface area contributed by atoms with Crippen molar-refractivity contribution in [3.8, 4) is 0 Å². The van der Waals surface area contributed by atoms with Gasteiger partial charge in [-0.05, 0) is 43.4 Å². The highest BCUT2D eigenvalue weighted by atomic mass is 35.5. The summed E-state index contributed by atoms with van der Waals surface area (Å²) in [5.74, 6) is 6.18. The smallest absolute Gasteiger partial charge is 0.106 e. The van der Waals surface area contributed by atoms with Gasteiger partial charge in [0.25, 0.3) is 0 Å². The first kappa shape index (κ1) is 21.1. The fourth-order valence-electron chi connectivity index (χ4n) is 4.39. The quantitative estimate of drug-likeness (QED) is 0.525. The van der Waals surface area contributed by atoms with Gasteiger partial charge in [0.05, 0.1) is 24.1 Å². The number of hydrazine groups is 1. The minimum Gasteiger partial charge on any atom is -0.383 e. The molecule has 3 atom stereocenters. The van der Waals surface area contributed by atoms with Gasteiger partial charge in [-0.25, -0.2) is 5.84 Å². The fourth-order valence-corrected chi connectivity index (χ4v) is 5.85. The first-order valence-electron chi connectivity index (χ1n) is 9.87. The van der Waals surface area contributed by atoms with Crippen LogP contribution in [0.2, 0.25) is 4.34 Å². The standard InChI is InChI=1S/C20H32ClN3O2S/c1-4-5-16(13-24(22)7-9-25-3)17-12-20(11-14(2)23-17)19-15(6-8-26-20)10-18(21)27-19/h10,13-14,17,23H,4-9,11-12,22H2,1-3H3. The van der Waals surface area contributed by atoms with E-state index in [4.69, 9.17) is 26.9 Å². The Morgan fingerprint density at radius 1 is 1.56 bits per heavy atom. The summed E-state index contributed by atoms with van der Waals surface area (Å²) in [4.78, 5) is 1.33. The van der Waals surface area contributed by atoms with E-state index in [1.54, 1.807) is 23.5 Å². The van der Waals surface area contributed by atoms with Crippen molar-refractivity contribution < 1.29 is 9.47 Å². The average molecular weight is 414 g/mol. The highest BCUT2D eigenvalue weighted by Gasteiger charge is 2.46. The SMILES string of the molecule is CCCC(=CN(N)CCOC)C1CC2(CC(C)N1)OCCc1cc(Cl)sc12. The summed E-state index contributed by atoms with van der Waals surface area (Å²) < 4.78 is 12.5. The lowest BCUT2D eigenvalue weighted by Gasteiger charge is -2.47. The lowest BCUT2D eigenvalue weighted by Crippen LogP contribution is -2.54. The van der Waals surface area contributed by atoms with Crippen molar-refractivity contribution in [3.05, 3.63) is 32.6 Å². The molecule has 3 rings (SSSR count). The second-order valence-electron chi connectivity index (χ2n) is 7.71. The molecule has 1 aromatic heterocycles. The number of piperidine rings is 1. The van der Waals surface area contributed by atoms with Crippen LogP contribution >= 0.6 is 22.9 Å². The van der Waals surface area contributed by atoms with Crippen LogP contribution in [0.5, 0.6) is 0 Å². The van der Waals surface area contributed by atoms with Crippen LogP contribution in [-0.2, 0) is 21.5 Å². The molecule has 0 aromatic carbocycles. The van der Waals surface area contributed by atoms with Crippen molar-refractivity contribution in [3.63, 3.8) is 0 Å². The van der Waals surface area contributed by atoms with Crippen LogP contribution in [-0.4, -0.2) is 44.0 Å². The van der Waals surface area contributed by atoms with Crippen molar-refractivity contribution >= 4 is 22.9 Å². The molecule has 5 nitrogen and oxygen atoms in total. The van der Waals surface area contributed by atoms with E-state index >= 15 is 0 Å². The van der Waals surface area contributed by atoms with Crippen molar-refractivity contribution in [2.45, 2.75) is 63.6 Å². The largest absolute Gasteiger partial charge is 0.383 e. The molecule has 1 aromatic rings. The van der Waals surface area contributed by atoms with Crippen LogP contribution in [0, 0.1) is 0 Å². The van der Waals surface area contributed by atoms with Crippen LogP contribution in [0.3, 0.4) is 0 Å². The molecule has 1 spiro atoms. The van der Waals surface area contributed by atoms with E-state index in [9.17, 15) is 0 Å². The van der Waals surface area contributed by atoms with Gasteiger partial charge in [-0.2, -0.15) is 0 Å². The molecule has 0 amide bonds. The van der Waals surface area contributed by atoms with Crippen molar-refractivity contribution in [2.24, 2.45) is 5.84 Å². The third-order valence-electron chi connectivity index (χ3n) is 5.47. The molecule has 152 valence electrons. The molecule has 3 N–H and O–H groups in total. The van der Waals surface area contributed by atoms with E-state index in [1.165, 1.54) is 16.0 Å². The zero-order valence-corrected chi connectivity index (χ0v) is 18.2. The van der Waals surface area contributed by atoms with Crippen LogP contribution in [0.4, 0.5) is 0 Å². The normalized spacial score (nSPS) is 28.4. The highest BCUT2D eigenvalue weighted by Crippen LogP contribution is 2.48. The number of rotatable bonds is 7. The van der Waals surface area contributed by atoms with E-state index < -0.39 is 0 Å². The molecular formula is C20H32ClN3O2S. The van der Waals surface area contributed by atoms with Gasteiger partial charge in [0, 0.05) is 36.7 Å². The number of thiophene rings is 1. The molecule has 2 aliphatic rings. The summed E-state index contributed by atoms with van der Waals surface area (Å²) in [6.07, 6.45) is 7.04. The minimum atomic E-state index is -0.237. The van der Waals surface area contributed by atoms with Crippen LogP contribution < -0.4 is 11.2 Å². The van der Waals surface area contributed by atoms with E-state index in [0.29, 0.717) is 19.2 Å². The maximum atomic E-state index is 6.46. The Balaban J connectivity index is 1.86. The molecule has 7 heteroatoms. The lowest BCUT2D eigenvalue weighted by atomic mass is 9.77. The molecular weight excluding hydrogens is 382 g/mol. The van der Waals surface area contributed by atoms with Gasteiger partial charge in [0.2, 0.25) is 0 Å². The number of ether oxygens (including phenoxy) is 2. The Kier molecular flexibility index (Phi) is 7.22. The first-order valence-corrected chi connectivity index (χ1v) is 11.1. The topological polar surface area (TPSA) is 59.8 Å². The molecule has 0 aliphatic carbocycles. The fraction of sp³-hybridized carbons (Fsp3) is 0.700. The summed E-state index contributed by atoms with van der Waals surface area (Å²) in [6.45, 7) is 6.52. The number of methoxy groups -OCH3 is 1. The van der Waals surface area contributed by atoms with Gasteiger partial charge in [0.15, 0.2) is 0 Å². The molecule has 1 fully saturated rings. The molecule has 0 saturated carbocycles. The summed E-state index contributed by atoms with van der Waals surface area (Å²) in [5, 5.41) is 5.53. The van der Waals surface area contributed by atoms with E-state index in [-0.39, 0.29) is 11.6 Å². The zero-order valence-electron chi connectivity index (χ0n) is 16.6. The van der Waals surface area contributed by atoms with Crippen LogP contribution in [0.1, 0.15) is 50.0 Å². The van der Waals surface area contributed by atoms with Crippen LogP contribution in [0.15, 0.2) is 17.8 Å². The van der Waals surface area contributed by atoms with E-state index in [2.05, 4.69) is 31.4 Å². The number of nitrogens with one attached hydrogen (secondary N) is 1. The Morgan fingerprint density at radius 3 is 3.11 bits per heavy atom. The third-order valence-corrected chi connectivity index (χ3v) is 6.96. The molecule has 3 heterocycles. The van der Waals surface area contributed by atoms with Crippen LogP contribution in [0.25, 0.3) is 0 Å². The second-order valence-corrected chi connectivity index (χ2v) is 9.39. The first-order chi connectivity index (χ1) is 13.0. The molecule has 0 radical (unpaired) electrons. The number of hydrogen-bond acceptors (Lipinski definition) is 6. The number of fused-ring (bicyclic) bond motifs is 2. The Bertz CT molecular complexity index is 666. The number of nitrogens with zero attached hydrogens (tertiary/aromatic N) is 1. The average Bonchev–Trinajstić information content (AvgIpc) is 3.01. The van der Waals surface area contributed by atoms with Gasteiger partial charge in [-0.3, -0.25) is 0 Å². The molecule has 1 saturated heterocycles. The zero-order chi connectivity index (χ0) is 19.4. The van der Waals surface area contributed by atoms with Gasteiger partial charge < -0.3 is 19.8 Å². The molecule has 2 aliphatic heterocycles. The minimum absolute atomic E-state index is 0.237. The predicted octanol–water partition coefficient (Wildman–Crippen LogP) is 3.82. The Morgan fingerprint density at radius 2 is 2.37 bits per heavy atom. The molecule has 27 heavy (non-hydrogen) atoms. The highest BCUT2D eigenvalue weighted by molar-refractivity contribution is 7.16. The third kappa shape index (κ3) is 4.86. The van der Waals surface area contributed by atoms with Gasteiger partial charge in [-0.1, -0.05) is 24.9 Å². The summed E-state index contributed by atoms with van der Waals surface area (Å²) >= 11 is 8.05. The summed E-state index contributed by atoms with van der Waals surface area (Å²) in [6, 6.07) is 2.73. The molecule has 0 bridgehead atoms. The van der Waals surface area contributed by atoms with Crippen molar-refractivity contribution in [1.29, 1.82) is 0 Å². The maximum Gasteiger partial charge on any atom is 0.106 e. The van der Waals surface area contributed by atoms with Gasteiger partial charge >= 0.3 is 0 Å². The van der Waals surface area contributed by atoms with Crippen molar-refractivity contribution in [2.75, 3.05) is 26.9 Å².